The molecule has 0 aliphatic rings. The van der Waals surface area contributed by atoms with E-state index in [1.807, 2.05) is 97.1 Å². The predicted molar refractivity (Wildman–Crippen MR) is 124 cm³/mol. The normalized spacial score (nSPS) is 10.6. The van der Waals surface area contributed by atoms with Gasteiger partial charge in [-0.25, -0.2) is 0 Å². The van der Waals surface area contributed by atoms with Crippen LogP contribution in [0.15, 0.2) is 115 Å². The van der Waals surface area contributed by atoms with E-state index in [1.165, 1.54) is 6.08 Å². The molecule has 4 heteroatoms. The van der Waals surface area contributed by atoms with Gasteiger partial charge in [-0.2, -0.15) is 0 Å². The molecule has 0 aliphatic carbocycles. The van der Waals surface area contributed by atoms with Crippen LogP contribution >= 0.6 is 0 Å². The predicted octanol–water partition coefficient (Wildman–Crippen LogP) is 6.92. The molecule has 1 amide bonds. The summed E-state index contributed by atoms with van der Waals surface area (Å²) in [6.45, 7) is 0. The average Bonchev–Trinajstić information content (AvgIpc) is 2.81. The van der Waals surface area contributed by atoms with E-state index < -0.39 is 0 Å². The number of benzene rings is 4. The van der Waals surface area contributed by atoms with Crippen LogP contribution in [-0.2, 0) is 4.79 Å². The number of para-hydroxylation sites is 2. The van der Waals surface area contributed by atoms with Gasteiger partial charge >= 0.3 is 0 Å². The first-order valence-electron chi connectivity index (χ1n) is 9.90. The van der Waals surface area contributed by atoms with E-state index in [1.54, 1.807) is 18.2 Å². The largest absolute Gasteiger partial charge is 0.457 e. The van der Waals surface area contributed by atoms with E-state index in [-0.39, 0.29) is 5.91 Å². The summed E-state index contributed by atoms with van der Waals surface area (Å²) in [4.78, 5) is 12.3. The minimum Gasteiger partial charge on any atom is -0.457 e. The van der Waals surface area contributed by atoms with Gasteiger partial charge in [0.25, 0.3) is 0 Å². The van der Waals surface area contributed by atoms with Crippen molar-refractivity contribution in [2.45, 2.75) is 0 Å². The molecule has 4 aromatic carbocycles. The molecule has 4 rings (SSSR count). The van der Waals surface area contributed by atoms with Gasteiger partial charge in [0, 0.05) is 11.8 Å². The highest BCUT2D eigenvalue weighted by molar-refractivity contribution is 6.01. The van der Waals surface area contributed by atoms with Crippen LogP contribution in [-0.4, -0.2) is 5.91 Å². The molecule has 4 aromatic rings. The Kier molecular flexibility index (Phi) is 6.41. The Morgan fingerprint density at radius 1 is 0.613 bits per heavy atom. The van der Waals surface area contributed by atoms with Gasteiger partial charge in [0.15, 0.2) is 0 Å². The van der Waals surface area contributed by atoms with Crippen molar-refractivity contribution in [2.24, 2.45) is 0 Å². The molecule has 0 aliphatic heterocycles. The van der Waals surface area contributed by atoms with Crippen LogP contribution in [0.4, 0.5) is 5.69 Å². The molecule has 152 valence electrons. The van der Waals surface area contributed by atoms with Crippen LogP contribution in [0.5, 0.6) is 23.0 Å². The highest BCUT2D eigenvalue weighted by Gasteiger charge is 2.01. The fourth-order valence-electron chi connectivity index (χ4n) is 2.89. The van der Waals surface area contributed by atoms with Crippen molar-refractivity contribution in [1.82, 2.24) is 0 Å². The first-order chi connectivity index (χ1) is 15.2. The van der Waals surface area contributed by atoms with Gasteiger partial charge in [0.05, 0.1) is 0 Å². The summed E-state index contributed by atoms with van der Waals surface area (Å²) in [5, 5.41) is 2.85. The third-order valence-corrected chi connectivity index (χ3v) is 4.36. The van der Waals surface area contributed by atoms with Crippen molar-refractivity contribution in [3.05, 3.63) is 121 Å². The number of hydrogen-bond acceptors (Lipinski definition) is 3. The lowest BCUT2D eigenvalue weighted by atomic mass is 10.2. The third-order valence-electron chi connectivity index (χ3n) is 4.36. The molecular formula is C27H21NO3. The maximum absolute atomic E-state index is 12.3. The Hall–Kier alpha value is -4.31. The number of ether oxygens (including phenoxy) is 2. The highest BCUT2D eigenvalue weighted by atomic mass is 16.5. The molecule has 0 saturated heterocycles. The van der Waals surface area contributed by atoms with Gasteiger partial charge in [-0.15, -0.1) is 0 Å². The summed E-state index contributed by atoms with van der Waals surface area (Å²) < 4.78 is 11.6. The van der Waals surface area contributed by atoms with E-state index in [9.17, 15) is 4.79 Å². The lowest BCUT2D eigenvalue weighted by Crippen LogP contribution is -2.07. The fraction of sp³-hybridized carbons (Fsp3) is 0. The number of carbonyl (C=O) groups excluding carboxylic acids is 1. The molecule has 0 atom stereocenters. The maximum atomic E-state index is 12.3. The third kappa shape index (κ3) is 6.08. The summed E-state index contributed by atoms with van der Waals surface area (Å²) in [6.07, 6.45) is 3.25. The van der Waals surface area contributed by atoms with Crippen LogP contribution in [0.3, 0.4) is 0 Å². The van der Waals surface area contributed by atoms with Crippen molar-refractivity contribution in [3.8, 4) is 23.0 Å². The Labute approximate surface area is 181 Å². The van der Waals surface area contributed by atoms with Gasteiger partial charge < -0.3 is 14.8 Å². The van der Waals surface area contributed by atoms with E-state index in [2.05, 4.69) is 5.32 Å². The van der Waals surface area contributed by atoms with Gasteiger partial charge in [-0.3, -0.25) is 4.79 Å². The number of nitrogens with one attached hydrogen (secondary N) is 1. The van der Waals surface area contributed by atoms with E-state index >= 15 is 0 Å². The second kappa shape index (κ2) is 9.94. The van der Waals surface area contributed by atoms with Crippen molar-refractivity contribution in [2.75, 3.05) is 5.32 Å². The standard InChI is InChI=1S/C27H21NO3/c29-27(28-22-15-17-25(18-16-22)30-23-9-3-1-4-10-23)19-14-21-8-7-13-26(20-21)31-24-11-5-2-6-12-24/h1-20H,(H,28,29). The van der Waals surface area contributed by atoms with E-state index in [0.29, 0.717) is 17.2 Å². The molecule has 0 unspecified atom stereocenters. The molecule has 0 bridgehead atoms. The fourth-order valence-corrected chi connectivity index (χ4v) is 2.89. The topological polar surface area (TPSA) is 47.6 Å². The zero-order valence-corrected chi connectivity index (χ0v) is 16.8. The zero-order valence-electron chi connectivity index (χ0n) is 16.8. The number of carbonyl (C=O) groups is 1. The Morgan fingerprint density at radius 2 is 1.16 bits per heavy atom. The van der Waals surface area contributed by atoms with Gasteiger partial charge in [-0.1, -0.05) is 48.5 Å². The summed E-state index contributed by atoms with van der Waals surface area (Å²) >= 11 is 0. The zero-order chi connectivity index (χ0) is 21.3. The molecule has 0 fully saturated rings. The average molecular weight is 407 g/mol. The van der Waals surface area contributed by atoms with Gasteiger partial charge in [-0.05, 0) is 72.3 Å². The SMILES string of the molecule is O=C(C=Cc1cccc(Oc2ccccc2)c1)Nc1ccc(Oc2ccccc2)cc1. The van der Waals surface area contributed by atoms with Crippen LogP contribution in [0.25, 0.3) is 6.08 Å². The second-order valence-electron chi connectivity index (χ2n) is 6.75. The van der Waals surface area contributed by atoms with Gasteiger partial charge in [0.1, 0.15) is 23.0 Å². The molecule has 0 heterocycles. The second-order valence-corrected chi connectivity index (χ2v) is 6.75. The monoisotopic (exact) mass is 407 g/mol. The molecular weight excluding hydrogens is 386 g/mol. The van der Waals surface area contributed by atoms with E-state index in [0.717, 1.165) is 17.1 Å². The van der Waals surface area contributed by atoms with Crippen LogP contribution in [0.1, 0.15) is 5.56 Å². The quantitative estimate of drug-likeness (QED) is 0.338. The number of anilines is 1. The minimum atomic E-state index is -0.217. The van der Waals surface area contributed by atoms with E-state index in [4.69, 9.17) is 9.47 Å². The maximum Gasteiger partial charge on any atom is 0.248 e. The molecule has 0 radical (unpaired) electrons. The Balaban J connectivity index is 1.33. The number of rotatable bonds is 7. The smallest absolute Gasteiger partial charge is 0.248 e. The lowest BCUT2D eigenvalue weighted by molar-refractivity contribution is -0.111. The molecule has 1 N–H and O–H groups in total. The first kappa shape index (κ1) is 20.0. The highest BCUT2D eigenvalue weighted by Crippen LogP contribution is 2.24. The lowest BCUT2D eigenvalue weighted by Gasteiger charge is -2.07. The number of hydrogen-bond donors (Lipinski definition) is 1. The number of amides is 1. The summed E-state index contributed by atoms with van der Waals surface area (Å²) in [5.74, 6) is 2.73. The van der Waals surface area contributed by atoms with Crippen LogP contribution in [0.2, 0.25) is 0 Å². The summed E-state index contributed by atoms with van der Waals surface area (Å²) in [5.41, 5.74) is 1.56. The summed E-state index contributed by atoms with van der Waals surface area (Å²) in [6, 6.07) is 33.9. The molecule has 0 aromatic heterocycles. The van der Waals surface area contributed by atoms with Crippen molar-refractivity contribution in [1.29, 1.82) is 0 Å². The molecule has 4 nitrogen and oxygen atoms in total. The Morgan fingerprint density at radius 3 is 1.81 bits per heavy atom. The van der Waals surface area contributed by atoms with Crippen molar-refractivity contribution >= 4 is 17.7 Å². The Bertz CT molecular complexity index is 1150. The minimum absolute atomic E-state index is 0.217. The molecule has 0 saturated carbocycles. The van der Waals surface area contributed by atoms with Crippen molar-refractivity contribution in [3.63, 3.8) is 0 Å². The van der Waals surface area contributed by atoms with Crippen molar-refractivity contribution < 1.29 is 14.3 Å². The summed E-state index contributed by atoms with van der Waals surface area (Å²) in [7, 11) is 0. The molecule has 31 heavy (non-hydrogen) atoms. The van der Waals surface area contributed by atoms with Gasteiger partial charge in [0.2, 0.25) is 5.91 Å². The first-order valence-corrected chi connectivity index (χ1v) is 9.90. The molecule has 0 spiro atoms. The van der Waals surface area contributed by atoms with Crippen LogP contribution < -0.4 is 14.8 Å². The van der Waals surface area contributed by atoms with Crippen LogP contribution in [0, 0.1) is 0 Å².